The Hall–Kier alpha value is -1.06. The molecular weight excluding hydrogens is 238 g/mol. The third-order valence-corrected chi connectivity index (χ3v) is 4.39. The predicted octanol–water partition coefficient (Wildman–Crippen LogP) is 2.53. The Kier molecular flexibility index (Phi) is 3.50. The molecule has 3 nitrogen and oxygen atoms in total. The van der Waals surface area contributed by atoms with Crippen molar-refractivity contribution in [3.05, 3.63) is 29.3 Å². The number of aliphatic hydroxyl groups is 1. The molecule has 0 saturated heterocycles. The summed E-state index contributed by atoms with van der Waals surface area (Å²) in [7, 11) is 1.67. The fourth-order valence-corrected chi connectivity index (χ4v) is 3.29. The third kappa shape index (κ3) is 2.37. The van der Waals surface area contributed by atoms with Crippen LogP contribution in [0.5, 0.6) is 5.75 Å². The van der Waals surface area contributed by atoms with Crippen molar-refractivity contribution in [2.45, 2.75) is 50.8 Å². The van der Waals surface area contributed by atoms with Gasteiger partial charge in [0.2, 0.25) is 0 Å². The molecule has 104 valence electrons. The van der Waals surface area contributed by atoms with Crippen LogP contribution in [0.2, 0.25) is 0 Å². The number of hydrogen-bond donors (Lipinski definition) is 1. The van der Waals surface area contributed by atoms with Crippen LogP contribution in [-0.4, -0.2) is 35.7 Å². The van der Waals surface area contributed by atoms with Crippen molar-refractivity contribution in [2.75, 3.05) is 13.7 Å². The monoisotopic (exact) mass is 261 g/mol. The molecule has 19 heavy (non-hydrogen) atoms. The lowest BCUT2D eigenvalue weighted by molar-refractivity contribution is 0.0554. The Bertz CT molecular complexity index is 456. The largest absolute Gasteiger partial charge is 0.497 e. The van der Waals surface area contributed by atoms with E-state index >= 15 is 0 Å². The lowest BCUT2D eigenvalue weighted by Gasteiger charge is -2.31. The van der Waals surface area contributed by atoms with E-state index in [1.54, 1.807) is 7.11 Å². The number of fused-ring (bicyclic) bond motifs is 1. The Morgan fingerprint density at radius 3 is 2.79 bits per heavy atom. The highest BCUT2D eigenvalue weighted by atomic mass is 16.5. The van der Waals surface area contributed by atoms with Gasteiger partial charge in [-0.05, 0) is 55.5 Å². The van der Waals surface area contributed by atoms with Gasteiger partial charge < -0.3 is 9.84 Å². The molecule has 1 aromatic rings. The zero-order valence-electron chi connectivity index (χ0n) is 11.8. The molecule has 0 radical (unpaired) electrons. The van der Waals surface area contributed by atoms with E-state index in [1.165, 1.54) is 18.4 Å². The van der Waals surface area contributed by atoms with Crippen molar-refractivity contribution in [1.29, 1.82) is 0 Å². The van der Waals surface area contributed by atoms with E-state index < -0.39 is 0 Å². The average Bonchev–Trinajstić information content (AvgIpc) is 3.22. The summed E-state index contributed by atoms with van der Waals surface area (Å²) in [6, 6.07) is 7.06. The summed E-state index contributed by atoms with van der Waals surface area (Å²) < 4.78 is 5.27. The van der Waals surface area contributed by atoms with Gasteiger partial charge in [-0.25, -0.2) is 0 Å². The molecule has 0 heterocycles. The van der Waals surface area contributed by atoms with E-state index in [9.17, 15) is 5.11 Å². The summed E-state index contributed by atoms with van der Waals surface area (Å²) in [4.78, 5) is 2.52. The number of benzene rings is 1. The molecular formula is C16H23NO2. The molecule has 0 aliphatic heterocycles. The zero-order chi connectivity index (χ0) is 13.4. The molecule has 1 fully saturated rings. The van der Waals surface area contributed by atoms with Crippen LogP contribution in [0, 0.1) is 0 Å². The minimum absolute atomic E-state index is 0.259. The summed E-state index contributed by atoms with van der Waals surface area (Å²) in [5.74, 6) is 0.840. The van der Waals surface area contributed by atoms with Crippen LogP contribution in [0.1, 0.15) is 43.4 Å². The molecule has 0 aromatic heterocycles. The van der Waals surface area contributed by atoms with Crippen molar-refractivity contribution in [2.24, 2.45) is 0 Å². The highest BCUT2D eigenvalue weighted by Crippen LogP contribution is 2.40. The normalized spacial score (nSPS) is 25.7. The van der Waals surface area contributed by atoms with Gasteiger partial charge in [-0.15, -0.1) is 0 Å². The lowest BCUT2D eigenvalue weighted by Crippen LogP contribution is -2.40. The van der Waals surface area contributed by atoms with Crippen molar-refractivity contribution < 1.29 is 9.84 Å². The molecule has 3 rings (SSSR count). The van der Waals surface area contributed by atoms with E-state index in [1.807, 2.05) is 12.1 Å². The fourth-order valence-electron chi connectivity index (χ4n) is 3.29. The molecule has 0 bridgehead atoms. The Morgan fingerprint density at radius 1 is 1.37 bits per heavy atom. The maximum atomic E-state index is 10.6. The predicted molar refractivity (Wildman–Crippen MR) is 75.5 cm³/mol. The summed E-state index contributed by atoms with van der Waals surface area (Å²) in [6.07, 6.45) is 4.35. The second-order valence-electron chi connectivity index (χ2n) is 5.75. The first-order chi connectivity index (χ1) is 9.24. The highest BCUT2D eigenvalue weighted by Gasteiger charge is 2.41. The van der Waals surface area contributed by atoms with Crippen molar-refractivity contribution in [3.63, 3.8) is 0 Å². The average molecular weight is 261 g/mol. The zero-order valence-corrected chi connectivity index (χ0v) is 11.8. The van der Waals surface area contributed by atoms with Crippen molar-refractivity contribution >= 4 is 0 Å². The highest BCUT2D eigenvalue weighted by molar-refractivity contribution is 5.42. The molecule has 2 unspecified atom stereocenters. The molecule has 2 aliphatic rings. The van der Waals surface area contributed by atoms with Gasteiger partial charge in [-0.1, -0.05) is 13.0 Å². The minimum Gasteiger partial charge on any atom is -0.497 e. The van der Waals surface area contributed by atoms with Crippen LogP contribution in [0.3, 0.4) is 0 Å². The molecule has 1 aromatic carbocycles. The molecule has 3 heteroatoms. The third-order valence-electron chi connectivity index (χ3n) is 4.39. The van der Waals surface area contributed by atoms with Crippen LogP contribution >= 0.6 is 0 Å². The van der Waals surface area contributed by atoms with E-state index in [0.717, 1.165) is 30.7 Å². The maximum absolute atomic E-state index is 10.6. The molecule has 0 amide bonds. The second kappa shape index (κ2) is 5.14. The quantitative estimate of drug-likeness (QED) is 0.884. The Labute approximate surface area is 115 Å². The van der Waals surface area contributed by atoms with Gasteiger partial charge in [-0.3, -0.25) is 4.90 Å². The van der Waals surface area contributed by atoms with Crippen molar-refractivity contribution in [1.82, 2.24) is 4.90 Å². The summed E-state index contributed by atoms with van der Waals surface area (Å²) in [6.45, 7) is 3.31. The summed E-state index contributed by atoms with van der Waals surface area (Å²) in [5.41, 5.74) is 2.34. The SMILES string of the molecule is CCCN(C1CC1)C1Cc2ccc(OC)cc2C1O. The number of methoxy groups -OCH3 is 1. The van der Waals surface area contributed by atoms with Gasteiger partial charge in [-0.2, -0.15) is 0 Å². The van der Waals surface area contributed by atoms with Gasteiger partial charge in [0.15, 0.2) is 0 Å². The minimum atomic E-state index is -0.364. The molecule has 1 saturated carbocycles. The fraction of sp³-hybridized carbons (Fsp3) is 0.625. The second-order valence-corrected chi connectivity index (χ2v) is 5.75. The molecule has 0 spiro atoms. The topological polar surface area (TPSA) is 32.7 Å². The number of rotatable bonds is 5. The maximum Gasteiger partial charge on any atom is 0.119 e. The van der Waals surface area contributed by atoms with Crippen LogP contribution < -0.4 is 4.74 Å². The van der Waals surface area contributed by atoms with Gasteiger partial charge in [0.05, 0.1) is 13.2 Å². The van der Waals surface area contributed by atoms with E-state index in [4.69, 9.17) is 4.74 Å². The first-order valence-corrected chi connectivity index (χ1v) is 7.35. The first kappa shape index (κ1) is 12.9. The standard InChI is InChI=1S/C16H23NO2/c1-3-8-17(12-5-6-12)15-9-11-4-7-13(19-2)10-14(11)16(15)18/h4,7,10,12,15-16,18H,3,5-6,8-9H2,1-2H3. The molecule has 2 atom stereocenters. The van der Waals surface area contributed by atoms with Gasteiger partial charge in [0, 0.05) is 12.1 Å². The number of nitrogens with zero attached hydrogens (tertiary/aromatic N) is 1. The van der Waals surface area contributed by atoms with Crippen molar-refractivity contribution in [3.8, 4) is 5.75 Å². The number of aliphatic hydroxyl groups excluding tert-OH is 1. The number of ether oxygens (including phenoxy) is 1. The summed E-state index contributed by atoms with van der Waals surface area (Å²) >= 11 is 0. The molecule has 2 aliphatic carbocycles. The van der Waals surface area contributed by atoms with Crippen LogP contribution in [0.25, 0.3) is 0 Å². The Balaban J connectivity index is 1.83. The van der Waals surface area contributed by atoms with E-state index in [0.29, 0.717) is 6.04 Å². The first-order valence-electron chi connectivity index (χ1n) is 7.35. The smallest absolute Gasteiger partial charge is 0.119 e. The lowest BCUT2D eigenvalue weighted by atomic mass is 10.1. The summed E-state index contributed by atoms with van der Waals surface area (Å²) in [5, 5.41) is 10.6. The van der Waals surface area contributed by atoms with Crippen LogP contribution in [0.15, 0.2) is 18.2 Å². The van der Waals surface area contributed by atoms with Gasteiger partial charge in [0.1, 0.15) is 5.75 Å². The van der Waals surface area contributed by atoms with E-state index in [-0.39, 0.29) is 12.1 Å². The van der Waals surface area contributed by atoms with Gasteiger partial charge in [0.25, 0.3) is 0 Å². The Morgan fingerprint density at radius 2 is 2.16 bits per heavy atom. The van der Waals surface area contributed by atoms with Crippen LogP contribution in [0.4, 0.5) is 0 Å². The molecule has 1 N–H and O–H groups in total. The van der Waals surface area contributed by atoms with Crippen LogP contribution in [-0.2, 0) is 6.42 Å². The number of hydrogen-bond acceptors (Lipinski definition) is 3. The van der Waals surface area contributed by atoms with Gasteiger partial charge >= 0.3 is 0 Å². The van der Waals surface area contributed by atoms with E-state index in [2.05, 4.69) is 17.9 Å².